The molecule has 10 heteroatoms. The molecule has 172 valence electrons. The van der Waals surface area contributed by atoms with Crippen LogP contribution in [0.4, 0.5) is 0 Å². The van der Waals surface area contributed by atoms with E-state index in [4.69, 9.17) is 4.74 Å². The Labute approximate surface area is 187 Å². The van der Waals surface area contributed by atoms with Crippen molar-refractivity contribution in [2.75, 3.05) is 78.7 Å². The molecule has 2 fully saturated rings. The number of amides is 3. The molecule has 2 saturated heterocycles. The Morgan fingerprint density at radius 2 is 1.74 bits per heavy atom. The summed E-state index contributed by atoms with van der Waals surface area (Å²) in [5.74, 6) is -0.0276. The van der Waals surface area contributed by atoms with E-state index in [1.807, 2.05) is 29.3 Å². The number of nitrogens with one attached hydrogen (secondary N) is 1. The summed E-state index contributed by atoms with van der Waals surface area (Å²) < 4.78 is 5.30. The molecule has 1 N–H and O–H groups in total. The molecule has 0 unspecified atom stereocenters. The molecule has 0 aliphatic carbocycles. The van der Waals surface area contributed by atoms with Gasteiger partial charge >= 0.3 is 0 Å². The van der Waals surface area contributed by atoms with Crippen LogP contribution in [0.15, 0.2) is 17.5 Å². The van der Waals surface area contributed by atoms with Crippen LogP contribution in [-0.4, -0.2) is 116 Å². The lowest BCUT2D eigenvalue weighted by atomic mass is 10.3. The lowest BCUT2D eigenvalue weighted by Gasteiger charge is -2.36. The van der Waals surface area contributed by atoms with Crippen molar-refractivity contribution in [3.63, 3.8) is 0 Å². The second kappa shape index (κ2) is 12.1. The Balaban J connectivity index is 1.35. The topological polar surface area (TPSA) is 85.4 Å². The van der Waals surface area contributed by atoms with Crippen LogP contribution >= 0.6 is 11.3 Å². The normalized spacial score (nSPS) is 18.0. The zero-order valence-electron chi connectivity index (χ0n) is 18.3. The van der Waals surface area contributed by atoms with Crippen LogP contribution in [0, 0.1) is 0 Å². The molecular formula is C21H33N5O4S. The van der Waals surface area contributed by atoms with Gasteiger partial charge in [0.05, 0.1) is 39.4 Å². The summed E-state index contributed by atoms with van der Waals surface area (Å²) in [6, 6.07) is 3.92. The van der Waals surface area contributed by atoms with Crippen molar-refractivity contribution < 1.29 is 19.1 Å². The van der Waals surface area contributed by atoms with Crippen molar-refractivity contribution in [2.24, 2.45) is 0 Å². The summed E-state index contributed by atoms with van der Waals surface area (Å²) in [4.78, 5) is 46.1. The third-order valence-corrected chi connectivity index (χ3v) is 6.53. The van der Waals surface area contributed by atoms with Gasteiger partial charge in [0.1, 0.15) is 0 Å². The third kappa shape index (κ3) is 7.57. The van der Waals surface area contributed by atoms with Crippen molar-refractivity contribution in [3.8, 4) is 0 Å². The fraction of sp³-hybridized carbons (Fsp3) is 0.667. The molecule has 3 amide bonds. The quantitative estimate of drug-likeness (QED) is 0.555. The van der Waals surface area contributed by atoms with Crippen LogP contribution in [0.1, 0.15) is 11.8 Å². The molecule has 0 aromatic carbocycles. The number of morpholine rings is 1. The van der Waals surface area contributed by atoms with Crippen LogP contribution < -0.4 is 5.32 Å². The second-order valence-electron chi connectivity index (χ2n) is 7.81. The number of piperazine rings is 1. The van der Waals surface area contributed by atoms with E-state index >= 15 is 0 Å². The largest absolute Gasteiger partial charge is 0.378 e. The van der Waals surface area contributed by atoms with Crippen LogP contribution in [0.5, 0.6) is 0 Å². The Morgan fingerprint density at radius 3 is 2.35 bits per heavy atom. The van der Waals surface area contributed by atoms with Crippen LogP contribution in [-0.2, 0) is 25.7 Å². The van der Waals surface area contributed by atoms with E-state index in [9.17, 15) is 14.4 Å². The average Bonchev–Trinajstić information content (AvgIpc) is 3.31. The molecule has 0 radical (unpaired) electrons. The predicted octanol–water partition coefficient (Wildman–Crippen LogP) is -0.311. The van der Waals surface area contributed by atoms with E-state index in [0.717, 1.165) is 31.1 Å². The minimum Gasteiger partial charge on any atom is -0.378 e. The van der Waals surface area contributed by atoms with Gasteiger partial charge in [0.2, 0.25) is 17.7 Å². The van der Waals surface area contributed by atoms with Crippen molar-refractivity contribution >= 4 is 29.1 Å². The number of nitrogens with zero attached hydrogens (tertiary/aromatic N) is 4. The molecule has 3 heterocycles. The summed E-state index contributed by atoms with van der Waals surface area (Å²) >= 11 is 1.60. The zero-order valence-corrected chi connectivity index (χ0v) is 19.1. The first-order valence-electron chi connectivity index (χ1n) is 10.9. The van der Waals surface area contributed by atoms with Gasteiger partial charge in [-0.05, 0) is 18.4 Å². The highest BCUT2D eigenvalue weighted by Gasteiger charge is 2.25. The minimum absolute atomic E-state index is 0.0355. The number of likely N-dealkylation sites (N-methyl/N-ethyl adjacent to an activating group) is 1. The van der Waals surface area contributed by atoms with E-state index in [1.54, 1.807) is 16.2 Å². The van der Waals surface area contributed by atoms with E-state index in [2.05, 4.69) is 15.1 Å². The molecule has 1 aromatic rings. The number of carbonyl (C=O) groups excluding carboxylic acids is 3. The molecule has 9 nitrogen and oxygen atoms in total. The van der Waals surface area contributed by atoms with Crippen molar-refractivity contribution in [2.45, 2.75) is 13.5 Å². The lowest BCUT2D eigenvalue weighted by Crippen LogP contribution is -2.53. The van der Waals surface area contributed by atoms with Gasteiger partial charge in [-0.15, -0.1) is 11.3 Å². The summed E-state index contributed by atoms with van der Waals surface area (Å²) in [6.07, 6.45) is 0. The van der Waals surface area contributed by atoms with Crippen LogP contribution in [0.2, 0.25) is 0 Å². The molecule has 2 aliphatic heterocycles. The van der Waals surface area contributed by atoms with Gasteiger partial charge < -0.3 is 19.9 Å². The maximum atomic E-state index is 12.7. The first-order chi connectivity index (χ1) is 15.0. The molecule has 0 atom stereocenters. The fourth-order valence-corrected chi connectivity index (χ4v) is 4.35. The molecule has 0 bridgehead atoms. The first-order valence-corrected chi connectivity index (χ1v) is 11.8. The van der Waals surface area contributed by atoms with Gasteiger partial charge in [0, 0.05) is 50.7 Å². The maximum Gasteiger partial charge on any atom is 0.239 e. The second-order valence-corrected chi connectivity index (χ2v) is 8.84. The maximum absolute atomic E-state index is 12.7. The molecule has 2 aliphatic rings. The third-order valence-electron chi connectivity index (χ3n) is 5.66. The summed E-state index contributed by atoms with van der Waals surface area (Å²) in [5.41, 5.74) is 0. The Kier molecular flexibility index (Phi) is 9.26. The molecule has 0 spiro atoms. The standard InChI is InChI=1S/C21H33N5O4S/c1-2-25(15-19(27)22-14-18-4-3-13-31-18)20(28)16-23-5-7-24(8-6-23)17-21(29)26-9-11-30-12-10-26/h3-4,13H,2,5-12,14-17H2,1H3,(H,22,27). The number of hydrogen-bond acceptors (Lipinski definition) is 7. The highest BCUT2D eigenvalue weighted by molar-refractivity contribution is 7.09. The average molecular weight is 452 g/mol. The molecule has 3 rings (SSSR count). The molecule has 0 saturated carbocycles. The van der Waals surface area contributed by atoms with Gasteiger partial charge in [0.25, 0.3) is 0 Å². The fourth-order valence-electron chi connectivity index (χ4n) is 3.71. The van der Waals surface area contributed by atoms with Gasteiger partial charge in [-0.1, -0.05) is 6.07 Å². The van der Waals surface area contributed by atoms with Gasteiger partial charge in [-0.25, -0.2) is 0 Å². The summed E-state index contributed by atoms with van der Waals surface area (Å²) in [6.45, 7) is 9.25. The van der Waals surface area contributed by atoms with Crippen molar-refractivity contribution in [3.05, 3.63) is 22.4 Å². The van der Waals surface area contributed by atoms with E-state index in [1.165, 1.54) is 0 Å². The number of hydrogen-bond donors (Lipinski definition) is 1. The number of thiophene rings is 1. The number of rotatable bonds is 9. The smallest absolute Gasteiger partial charge is 0.239 e. The monoisotopic (exact) mass is 451 g/mol. The molecule has 1 aromatic heterocycles. The summed E-state index contributed by atoms with van der Waals surface area (Å²) in [5, 5.41) is 4.85. The predicted molar refractivity (Wildman–Crippen MR) is 119 cm³/mol. The molecular weight excluding hydrogens is 418 g/mol. The Hall–Kier alpha value is -2.01. The molecule has 31 heavy (non-hydrogen) atoms. The van der Waals surface area contributed by atoms with Crippen LogP contribution in [0.3, 0.4) is 0 Å². The summed E-state index contributed by atoms with van der Waals surface area (Å²) in [7, 11) is 0. The Bertz CT molecular complexity index is 715. The highest BCUT2D eigenvalue weighted by atomic mass is 32.1. The van der Waals surface area contributed by atoms with Gasteiger partial charge in [-0.2, -0.15) is 0 Å². The first kappa shape index (κ1) is 23.6. The SMILES string of the molecule is CCN(CC(=O)NCc1cccs1)C(=O)CN1CCN(CC(=O)N2CCOCC2)CC1. The van der Waals surface area contributed by atoms with Crippen LogP contribution in [0.25, 0.3) is 0 Å². The van der Waals surface area contributed by atoms with Crippen molar-refractivity contribution in [1.29, 1.82) is 0 Å². The zero-order chi connectivity index (χ0) is 22.1. The minimum atomic E-state index is -0.143. The highest BCUT2D eigenvalue weighted by Crippen LogP contribution is 2.08. The van der Waals surface area contributed by atoms with E-state index in [-0.39, 0.29) is 24.3 Å². The number of ether oxygens (including phenoxy) is 1. The Morgan fingerprint density at radius 1 is 1.06 bits per heavy atom. The van der Waals surface area contributed by atoms with Gasteiger partial charge in [0.15, 0.2) is 0 Å². The van der Waals surface area contributed by atoms with E-state index < -0.39 is 0 Å². The number of carbonyl (C=O) groups is 3. The lowest BCUT2D eigenvalue weighted by molar-refractivity contribution is -0.138. The van der Waals surface area contributed by atoms with Gasteiger partial charge in [-0.3, -0.25) is 24.2 Å². The van der Waals surface area contributed by atoms with E-state index in [0.29, 0.717) is 52.5 Å². The van der Waals surface area contributed by atoms with Crippen molar-refractivity contribution in [1.82, 2.24) is 24.9 Å².